The quantitative estimate of drug-likeness (QED) is 0.746. The molecule has 0 fully saturated rings. The zero-order chi connectivity index (χ0) is 17.4. The molecule has 0 radical (unpaired) electrons. The Morgan fingerprint density at radius 3 is 2.46 bits per heavy atom. The minimum Gasteiger partial charge on any atom is -0.348 e. The SMILES string of the molecule is C[C@@H](NC(=O)CNC(=O)/C=C/c1ccccc1)c1ccccc1Br. The summed E-state index contributed by atoms with van der Waals surface area (Å²) in [7, 11) is 0. The van der Waals surface area contributed by atoms with Crippen LogP contribution >= 0.6 is 15.9 Å². The standard InChI is InChI=1S/C19H19BrN2O2/c1-14(16-9-5-6-10-17(16)20)22-19(24)13-21-18(23)12-11-15-7-3-2-4-8-15/h2-12,14H,13H2,1H3,(H,21,23)(H,22,24)/b12-11+/t14-/m1/s1. The summed E-state index contributed by atoms with van der Waals surface area (Å²) in [5, 5.41) is 5.43. The summed E-state index contributed by atoms with van der Waals surface area (Å²) in [6.07, 6.45) is 3.12. The van der Waals surface area contributed by atoms with Crippen LogP contribution in [0.25, 0.3) is 6.08 Å². The van der Waals surface area contributed by atoms with Gasteiger partial charge >= 0.3 is 0 Å². The van der Waals surface area contributed by atoms with Gasteiger partial charge in [-0.1, -0.05) is 64.5 Å². The summed E-state index contributed by atoms with van der Waals surface area (Å²) in [5.41, 5.74) is 1.92. The molecule has 2 aromatic carbocycles. The fourth-order valence-electron chi connectivity index (χ4n) is 2.16. The molecule has 124 valence electrons. The average molecular weight is 387 g/mol. The predicted octanol–water partition coefficient (Wildman–Crippen LogP) is 3.46. The van der Waals surface area contributed by atoms with Gasteiger partial charge in [-0.15, -0.1) is 0 Å². The third kappa shape index (κ3) is 5.66. The van der Waals surface area contributed by atoms with Crippen LogP contribution in [0.15, 0.2) is 65.1 Å². The highest BCUT2D eigenvalue weighted by Crippen LogP contribution is 2.22. The first-order chi connectivity index (χ1) is 11.6. The Bertz CT molecular complexity index is 729. The Morgan fingerprint density at radius 2 is 1.75 bits per heavy atom. The highest BCUT2D eigenvalue weighted by Gasteiger charge is 2.12. The molecule has 0 aliphatic carbocycles. The van der Waals surface area contributed by atoms with E-state index in [1.54, 1.807) is 6.08 Å². The molecule has 2 aromatic rings. The number of carbonyl (C=O) groups excluding carboxylic acids is 2. The molecule has 4 nitrogen and oxygen atoms in total. The van der Waals surface area contributed by atoms with Gasteiger partial charge in [0.1, 0.15) is 0 Å². The van der Waals surface area contributed by atoms with E-state index in [1.807, 2.05) is 61.5 Å². The summed E-state index contributed by atoms with van der Waals surface area (Å²) in [5.74, 6) is -0.540. The Kier molecular flexibility index (Phi) is 6.75. The minimum absolute atomic E-state index is 0.0627. The van der Waals surface area contributed by atoms with Gasteiger partial charge < -0.3 is 10.6 Å². The first kappa shape index (κ1) is 17.9. The fourth-order valence-corrected chi connectivity index (χ4v) is 2.79. The maximum absolute atomic E-state index is 12.0. The molecular weight excluding hydrogens is 368 g/mol. The largest absolute Gasteiger partial charge is 0.348 e. The maximum Gasteiger partial charge on any atom is 0.244 e. The fraction of sp³-hybridized carbons (Fsp3) is 0.158. The number of hydrogen-bond donors (Lipinski definition) is 2. The summed E-state index contributed by atoms with van der Waals surface area (Å²) in [6, 6.07) is 17.1. The van der Waals surface area contributed by atoms with Crippen LogP contribution in [0.2, 0.25) is 0 Å². The number of amides is 2. The van der Waals surface area contributed by atoms with Crippen LogP contribution in [-0.2, 0) is 9.59 Å². The Balaban J connectivity index is 1.79. The molecule has 0 saturated carbocycles. The van der Waals surface area contributed by atoms with E-state index in [-0.39, 0.29) is 24.4 Å². The monoisotopic (exact) mass is 386 g/mol. The van der Waals surface area contributed by atoms with Gasteiger partial charge in [0.25, 0.3) is 0 Å². The van der Waals surface area contributed by atoms with Crippen molar-refractivity contribution in [3.63, 3.8) is 0 Å². The van der Waals surface area contributed by atoms with Gasteiger partial charge in [0.15, 0.2) is 0 Å². The van der Waals surface area contributed by atoms with Crippen molar-refractivity contribution in [3.8, 4) is 0 Å². The first-order valence-electron chi connectivity index (χ1n) is 7.61. The zero-order valence-corrected chi connectivity index (χ0v) is 14.9. The van der Waals surface area contributed by atoms with E-state index in [4.69, 9.17) is 0 Å². The third-order valence-electron chi connectivity index (χ3n) is 3.40. The molecule has 0 unspecified atom stereocenters. The number of rotatable bonds is 6. The van der Waals surface area contributed by atoms with Crippen molar-refractivity contribution in [2.75, 3.05) is 6.54 Å². The molecular formula is C19H19BrN2O2. The van der Waals surface area contributed by atoms with E-state index in [2.05, 4.69) is 26.6 Å². The van der Waals surface area contributed by atoms with Gasteiger partial charge in [0.05, 0.1) is 12.6 Å². The van der Waals surface area contributed by atoms with E-state index in [1.165, 1.54) is 6.08 Å². The van der Waals surface area contributed by atoms with Crippen LogP contribution in [-0.4, -0.2) is 18.4 Å². The summed E-state index contributed by atoms with van der Waals surface area (Å²) in [6.45, 7) is 1.84. The van der Waals surface area contributed by atoms with Crippen molar-refractivity contribution in [2.45, 2.75) is 13.0 Å². The summed E-state index contributed by atoms with van der Waals surface area (Å²) >= 11 is 3.46. The van der Waals surface area contributed by atoms with Gasteiger partial charge in [-0.3, -0.25) is 9.59 Å². The lowest BCUT2D eigenvalue weighted by atomic mass is 10.1. The van der Waals surface area contributed by atoms with Crippen LogP contribution in [0.1, 0.15) is 24.1 Å². The van der Waals surface area contributed by atoms with E-state index in [0.29, 0.717) is 0 Å². The predicted molar refractivity (Wildman–Crippen MR) is 99.2 cm³/mol. The molecule has 5 heteroatoms. The summed E-state index contributed by atoms with van der Waals surface area (Å²) < 4.78 is 0.938. The molecule has 0 bridgehead atoms. The normalized spacial score (nSPS) is 11.9. The second kappa shape index (κ2) is 9.03. The Morgan fingerprint density at radius 1 is 1.08 bits per heavy atom. The lowest BCUT2D eigenvalue weighted by molar-refractivity contribution is -0.124. The van der Waals surface area contributed by atoms with Crippen LogP contribution in [0, 0.1) is 0 Å². The van der Waals surface area contributed by atoms with Crippen molar-refractivity contribution >= 4 is 33.8 Å². The van der Waals surface area contributed by atoms with Gasteiger partial charge in [-0.05, 0) is 30.2 Å². The lowest BCUT2D eigenvalue weighted by Gasteiger charge is -2.15. The van der Waals surface area contributed by atoms with Crippen molar-refractivity contribution in [1.29, 1.82) is 0 Å². The lowest BCUT2D eigenvalue weighted by Crippen LogP contribution is -2.37. The Labute approximate surface area is 150 Å². The smallest absolute Gasteiger partial charge is 0.244 e. The highest BCUT2D eigenvalue weighted by atomic mass is 79.9. The van der Waals surface area contributed by atoms with Crippen molar-refractivity contribution in [2.24, 2.45) is 0 Å². The van der Waals surface area contributed by atoms with Gasteiger partial charge in [-0.25, -0.2) is 0 Å². The molecule has 2 amide bonds. The highest BCUT2D eigenvalue weighted by molar-refractivity contribution is 9.10. The molecule has 0 heterocycles. The van der Waals surface area contributed by atoms with Crippen molar-refractivity contribution in [1.82, 2.24) is 10.6 Å². The van der Waals surface area contributed by atoms with Crippen LogP contribution in [0.4, 0.5) is 0 Å². The van der Waals surface area contributed by atoms with Crippen molar-refractivity contribution < 1.29 is 9.59 Å². The number of carbonyl (C=O) groups is 2. The number of hydrogen-bond acceptors (Lipinski definition) is 2. The van der Waals surface area contributed by atoms with Crippen molar-refractivity contribution in [3.05, 3.63) is 76.3 Å². The van der Waals surface area contributed by atoms with E-state index in [0.717, 1.165) is 15.6 Å². The summed E-state index contributed by atoms with van der Waals surface area (Å²) in [4.78, 5) is 23.7. The van der Waals surface area contributed by atoms with E-state index < -0.39 is 0 Å². The zero-order valence-electron chi connectivity index (χ0n) is 13.3. The molecule has 2 rings (SSSR count). The number of nitrogens with one attached hydrogen (secondary N) is 2. The molecule has 0 aliphatic heterocycles. The van der Waals surface area contributed by atoms with Crippen LogP contribution in [0.5, 0.6) is 0 Å². The molecule has 0 aliphatic rings. The van der Waals surface area contributed by atoms with Crippen LogP contribution < -0.4 is 10.6 Å². The van der Waals surface area contributed by atoms with Gasteiger partial charge in [0, 0.05) is 10.5 Å². The molecule has 0 saturated heterocycles. The topological polar surface area (TPSA) is 58.2 Å². The van der Waals surface area contributed by atoms with E-state index >= 15 is 0 Å². The molecule has 0 aromatic heterocycles. The first-order valence-corrected chi connectivity index (χ1v) is 8.40. The molecule has 0 spiro atoms. The second-order valence-electron chi connectivity index (χ2n) is 5.27. The Hall–Kier alpha value is -2.40. The average Bonchev–Trinajstić information content (AvgIpc) is 2.59. The van der Waals surface area contributed by atoms with Gasteiger partial charge in [0.2, 0.25) is 11.8 Å². The number of benzene rings is 2. The minimum atomic E-state index is -0.303. The third-order valence-corrected chi connectivity index (χ3v) is 4.12. The maximum atomic E-state index is 12.0. The molecule has 2 N–H and O–H groups in total. The second-order valence-corrected chi connectivity index (χ2v) is 6.13. The van der Waals surface area contributed by atoms with Gasteiger partial charge in [-0.2, -0.15) is 0 Å². The van der Waals surface area contributed by atoms with Crippen LogP contribution in [0.3, 0.4) is 0 Å². The van der Waals surface area contributed by atoms with E-state index in [9.17, 15) is 9.59 Å². The molecule has 24 heavy (non-hydrogen) atoms. The number of halogens is 1. The molecule has 1 atom stereocenters.